The van der Waals surface area contributed by atoms with Crippen molar-refractivity contribution < 1.29 is 18.3 Å². The van der Waals surface area contributed by atoms with Crippen molar-refractivity contribution in [2.24, 2.45) is 0 Å². The third-order valence-corrected chi connectivity index (χ3v) is 8.56. The van der Waals surface area contributed by atoms with Crippen molar-refractivity contribution in [2.45, 2.75) is 43.7 Å². The van der Waals surface area contributed by atoms with Crippen LogP contribution in [0, 0.1) is 13.8 Å². The number of benzene rings is 1. The predicted octanol–water partition coefficient (Wildman–Crippen LogP) is 2.56. The zero-order chi connectivity index (χ0) is 20.6. The number of hydrogen-bond acceptors (Lipinski definition) is 6. The predicted molar refractivity (Wildman–Crippen MR) is 110 cm³/mol. The summed E-state index contributed by atoms with van der Waals surface area (Å²) in [7, 11) is -3.58. The second-order valence-electron chi connectivity index (χ2n) is 7.60. The van der Waals surface area contributed by atoms with E-state index in [9.17, 15) is 13.6 Å². The molecule has 0 N–H and O–H groups in total. The highest BCUT2D eigenvalue weighted by Crippen LogP contribution is 2.35. The highest BCUT2D eigenvalue weighted by molar-refractivity contribution is 7.95. The number of carbonyl (C=O) groups excluding carboxylic acids is 1. The molecule has 3 heterocycles. The van der Waals surface area contributed by atoms with Crippen molar-refractivity contribution in [3.8, 4) is 0 Å². The number of sulfonamides is 1. The number of ether oxygens (including phenoxy) is 1. The minimum atomic E-state index is -3.58. The lowest BCUT2D eigenvalue weighted by Crippen LogP contribution is -2.61. The molecule has 2 saturated heterocycles. The first kappa shape index (κ1) is 20.6. The summed E-state index contributed by atoms with van der Waals surface area (Å²) in [6.07, 6.45) is 0.729. The highest BCUT2D eigenvalue weighted by Gasteiger charge is 2.50. The average molecular weight is 436 g/mol. The van der Waals surface area contributed by atoms with Crippen molar-refractivity contribution in [3.05, 3.63) is 45.9 Å². The van der Waals surface area contributed by atoms with E-state index in [1.807, 2.05) is 18.4 Å². The van der Waals surface area contributed by atoms with E-state index in [4.69, 9.17) is 4.74 Å². The Balaban J connectivity index is 1.47. The molecule has 4 rings (SSSR count). The molecule has 156 valence electrons. The van der Waals surface area contributed by atoms with Gasteiger partial charge in [-0.05, 0) is 19.9 Å². The van der Waals surface area contributed by atoms with Crippen LogP contribution >= 0.6 is 11.3 Å². The van der Waals surface area contributed by atoms with Gasteiger partial charge in [-0.15, -0.1) is 15.6 Å². The number of amides is 1. The summed E-state index contributed by atoms with van der Waals surface area (Å²) in [5.74, 6) is -0.0534. The van der Waals surface area contributed by atoms with E-state index in [1.165, 1.54) is 4.31 Å². The van der Waals surface area contributed by atoms with Crippen molar-refractivity contribution in [1.82, 2.24) is 14.2 Å². The molecule has 1 aromatic carbocycles. The first-order chi connectivity index (χ1) is 13.8. The summed E-state index contributed by atoms with van der Waals surface area (Å²) in [6, 6.07) is 6.99. The number of hydrogen-bond donors (Lipinski definition) is 0. The third kappa shape index (κ3) is 3.89. The molecular formula is C20H25N3O4S2. The summed E-state index contributed by atoms with van der Waals surface area (Å²) in [4.78, 5) is 19.8. The third-order valence-electron chi connectivity index (χ3n) is 5.68. The molecule has 1 spiro atoms. The average Bonchev–Trinajstić information content (AvgIpc) is 3.11. The molecule has 1 aromatic heterocycles. The van der Waals surface area contributed by atoms with Gasteiger partial charge in [-0.3, -0.25) is 4.79 Å². The van der Waals surface area contributed by atoms with Gasteiger partial charge in [0.05, 0.1) is 23.9 Å². The fourth-order valence-electron chi connectivity index (χ4n) is 4.06. The van der Waals surface area contributed by atoms with Gasteiger partial charge in [-0.2, -0.15) is 0 Å². The van der Waals surface area contributed by atoms with Gasteiger partial charge in [0.25, 0.3) is 5.91 Å². The first-order valence-electron chi connectivity index (χ1n) is 9.72. The molecule has 1 atom stereocenters. The number of aryl methyl sites for hydroxylation is 2. The molecule has 0 bridgehead atoms. The molecule has 7 nitrogen and oxygen atoms in total. The maximum absolute atomic E-state index is 13.2. The van der Waals surface area contributed by atoms with Gasteiger partial charge in [0, 0.05) is 43.4 Å². The molecule has 1 unspecified atom stereocenters. The van der Waals surface area contributed by atoms with Gasteiger partial charge in [0.2, 0.25) is 0 Å². The summed E-state index contributed by atoms with van der Waals surface area (Å²) in [6.45, 7) is 5.74. The van der Waals surface area contributed by atoms with Crippen LogP contribution in [0.2, 0.25) is 0 Å². The normalized spacial score (nSPS) is 22.0. The van der Waals surface area contributed by atoms with E-state index in [0.717, 1.165) is 16.3 Å². The smallest absolute Gasteiger partial charge is 0.255 e. The molecular weight excluding hydrogens is 410 g/mol. The van der Waals surface area contributed by atoms with Crippen molar-refractivity contribution in [1.29, 1.82) is 0 Å². The maximum Gasteiger partial charge on any atom is 0.255 e. The molecule has 0 radical (unpaired) electrons. The minimum absolute atomic E-state index is 0.0534. The van der Waals surface area contributed by atoms with Gasteiger partial charge < -0.3 is 14.2 Å². The second-order valence-corrected chi connectivity index (χ2v) is 10.6. The van der Waals surface area contributed by atoms with Crippen molar-refractivity contribution in [3.63, 3.8) is 0 Å². The number of carbonyl (C=O) groups is 1. The van der Waals surface area contributed by atoms with Gasteiger partial charge in [0.1, 0.15) is 5.60 Å². The van der Waals surface area contributed by atoms with Crippen LogP contribution < -0.4 is 0 Å². The number of rotatable bonds is 4. The van der Waals surface area contributed by atoms with Crippen LogP contribution in [-0.2, 0) is 30.7 Å². The van der Waals surface area contributed by atoms with Gasteiger partial charge in [-0.1, -0.05) is 22.4 Å². The molecule has 2 aliphatic heterocycles. The van der Waals surface area contributed by atoms with E-state index in [-0.39, 0.29) is 19.0 Å². The Morgan fingerprint density at radius 3 is 2.62 bits per heavy atom. The van der Waals surface area contributed by atoms with E-state index in [2.05, 4.69) is 4.98 Å². The minimum Gasteiger partial charge on any atom is -0.593 e. The Morgan fingerprint density at radius 2 is 1.97 bits per heavy atom. The lowest BCUT2D eigenvalue weighted by molar-refractivity contribution is -0.179. The monoisotopic (exact) mass is 435 g/mol. The number of nitrogens with zero attached hydrogens (tertiary/aromatic N) is 3. The van der Waals surface area contributed by atoms with Crippen molar-refractivity contribution in [2.75, 3.05) is 26.2 Å². The van der Waals surface area contributed by atoms with Crippen LogP contribution in [-0.4, -0.2) is 56.5 Å². The van der Waals surface area contributed by atoms with Crippen LogP contribution in [0.3, 0.4) is 0 Å². The second kappa shape index (κ2) is 7.88. The van der Waals surface area contributed by atoms with E-state index in [0.29, 0.717) is 37.4 Å². The fraction of sp³-hybridized carbons (Fsp3) is 0.500. The Labute approximate surface area is 176 Å². The summed E-state index contributed by atoms with van der Waals surface area (Å²) >= 11 is 1.57. The molecule has 2 aliphatic rings. The van der Waals surface area contributed by atoms with Gasteiger partial charge in [-0.25, -0.2) is 4.98 Å². The Bertz CT molecular complexity index is 953. The van der Waals surface area contributed by atoms with Crippen molar-refractivity contribution >= 4 is 27.6 Å². The Morgan fingerprint density at radius 1 is 1.24 bits per heavy atom. The molecule has 9 heteroatoms. The zero-order valence-electron chi connectivity index (χ0n) is 16.6. The standard InChI is InChI=1S/C20H25N3O4S2/c1-15-5-3-4-6-18(15)29(25,26)23-9-7-20(8-10-23)19(24)22(11-12-27-20)13-17-14-28-16(2)21-17/h3-6,14H,7-13H2,1-2H3. The molecule has 0 aliphatic carbocycles. The summed E-state index contributed by atoms with van der Waals surface area (Å²) in [5, 5.41) is 2.95. The number of piperidine rings is 1. The molecule has 29 heavy (non-hydrogen) atoms. The highest BCUT2D eigenvalue weighted by atomic mass is 32.3. The van der Waals surface area contributed by atoms with Crippen LogP contribution in [0.25, 0.3) is 0 Å². The lowest BCUT2D eigenvalue weighted by Gasteiger charge is -2.45. The van der Waals surface area contributed by atoms with Crippen LogP contribution in [0.5, 0.6) is 0 Å². The SMILES string of the molecule is Cc1nc(CN2CCOC3(CCN([S+](=O)([O-])c4ccccc4C)CC3)C2=O)cs1. The summed E-state index contributed by atoms with van der Waals surface area (Å²) in [5.41, 5.74) is 0.682. The molecule has 1 amide bonds. The number of morpholine rings is 1. The Kier molecular flexibility index (Phi) is 5.60. The van der Waals surface area contributed by atoms with Gasteiger partial charge in [0.15, 0.2) is 15.3 Å². The molecule has 2 fully saturated rings. The largest absolute Gasteiger partial charge is 0.593 e. The quantitative estimate of drug-likeness (QED) is 0.689. The zero-order valence-corrected chi connectivity index (χ0v) is 18.3. The molecule has 2 aromatic rings. The Hall–Kier alpha value is -1.65. The first-order valence-corrected chi connectivity index (χ1v) is 12.0. The number of thiazole rings is 1. The topological polar surface area (TPSA) is 85.8 Å². The van der Waals surface area contributed by atoms with E-state index < -0.39 is 16.0 Å². The van der Waals surface area contributed by atoms with E-state index >= 15 is 0 Å². The van der Waals surface area contributed by atoms with Crippen LogP contribution in [0.1, 0.15) is 29.1 Å². The maximum atomic E-state index is 13.2. The summed E-state index contributed by atoms with van der Waals surface area (Å²) < 4.78 is 33.5. The van der Waals surface area contributed by atoms with Crippen LogP contribution in [0.4, 0.5) is 0 Å². The molecule has 0 saturated carbocycles. The fourth-order valence-corrected chi connectivity index (χ4v) is 6.33. The van der Waals surface area contributed by atoms with Gasteiger partial charge >= 0.3 is 0 Å². The van der Waals surface area contributed by atoms with Crippen LogP contribution in [0.15, 0.2) is 34.5 Å². The van der Waals surface area contributed by atoms with E-state index in [1.54, 1.807) is 41.4 Å². The number of aromatic nitrogens is 1. The lowest BCUT2D eigenvalue weighted by atomic mass is 9.89.